The number of aliphatic hydroxyl groups excluding tert-OH is 14. The zero-order valence-corrected chi connectivity index (χ0v) is 23.5. The van der Waals surface area contributed by atoms with Crippen LogP contribution in [0.1, 0.15) is 0 Å². The summed E-state index contributed by atoms with van der Waals surface area (Å²) in [5.74, 6) is 0. The Kier molecular flexibility index (Phi) is 12.8. The van der Waals surface area contributed by atoms with Gasteiger partial charge >= 0.3 is 0 Å². The standard InChI is InChI=1S/C24H42O21/c25-1-5-9(29)11(31)15(35)22(40-5)45-20-10(30)6(2-26)41-24(17(20)37)44-19-8(4-28)42-23(16(36)13(19)33)43-18-7(3-27)39-21(38)14(34)12(18)32/h5-38H,1-4H2/t5-,6-,7-,8-,9+,10+,11+,12-,13-,14-,15-,16-,17-,18-,19+,20+,21-,22-,23+,24-/m1/s1. The summed E-state index contributed by atoms with van der Waals surface area (Å²) in [6.07, 6.45) is -35.6. The second-order valence-corrected chi connectivity index (χ2v) is 11.1. The van der Waals surface area contributed by atoms with Gasteiger partial charge in [-0.25, -0.2) is 0 Å². The molecule has 0 bridgehead atoms. The van der Waals surface area contributed by atoms with Crippen molar-refractivity contribution in [3.05, 3.63) is 0 Å². The van der Waals surface area contributed by atoms with Crippen molar-refractivity contribution in [2.24, 2.45) is 0 Å². The van der Waals surface area contributed by atoms with Gasteiger partial charge in [0.1, 0.15) is 97.7 Å². The number of ether oxygens (including phenoxy) is 7. The van der Waals surface area contributed by atoms with Gasteiger partial charge in [-0.3, -0.25) is 0 Å². The molecule has 4 saturated heterocycles. The Balaban J connectivity index is 1.48. The maximum absolute atomic E-state index is 11.0. The quantitative estimate of drug-likeness (QED) is 0.103. The lowest BCUT2D eigenvalue weighted by Crippen LogP contribution is -2.67. The Bertz CT molecular complexity index is 912. The topological polar surface area (TPSA) is 348 Å². The van der Waals surface area contributed by atoms with Gasteiger partial charge in [0.2, 0.25) is 0 Å². The molecule has 4 aliphatic heterocycles. The minimum atomic E-state index is -2.02. The molecule has 14 N–H and O–H groups in total. The van der Waals surface area contributed by atoms with E-state index in [1.54, 1.807) is 0 Å². The molecule has 0 aromatic carbocycles. The molecule has 0 amide bonds. The lowest BCUT2D eigenvalue weighted by Gasteiger charge is -2.49. The van der Waals surface area contributed by atoms with E-state index in [1.807, 2.05) is 0 Å². The molecule has 21 nitrogen and oxygen atoms in total. The monoisotopic (exact) mass is 666 g/mol. The molecular weight excluding hydrogens is 624 g/mol. The van der Waals surface area contributed by atoms with Crippen LogP contribution in [0.4, 0.5) is 0 Å². The molecule has 0 unspecified atom stereocenters. The van der Waals surface area contributed by atoms with E-state index in [0.29, 0.717) is 0 Å². The van der Waals surface area contributed by atoms with Crippen molar-refractivity contribution in [1.29, 1.82) is 0 Å². The predicted molar refractivity (Wildman–Crippen MR) is 134 cm³/mol. The van der Waals surface area contributed by atoms with Crippen LogP contribution in [0, 0.1) is 0 Å². The highest BCUT2D eigenvalue weighted by atomic mass is 16.8. The van der Waals surface area contributed by atoms with Crippen LogP contribution in [0.15, 0.2) is 0 Å². The van der Waals surface area contributed by atoms with Crippen LogP contribution < -0.4 is 0 Å². The number of rotatable bonds is 10. The lowest BCUT2D eigenvalue weighted by atomic mass is 9.95. The molecular formula is C24H42O21. The van der Waals surface area contributed by atoms with E-state index in [0.717, 1.165) is 0 Å². The summed E-state index contributed by atoms with van der Waals surface area (Å²) in [5.41, 5.74) is 0. The fraction of sp³-hybridized carbons (Fsp3) is 1.00. The fourth-order valence-corrected chi connectivity index (χ4v) is 5.54. The highest BCUT2D eigenvalue weighted by Gasteiger charge is 2.55. The summed E-state index contributed by atoms with van der Waals surface area (Å²) in [7, 11) is 0. The van der Waals surface area contributed by atoms with Gasteiger partial charge in [0.05, 0.1) is 26.4 Å². The number of aliphatic hydroxyl groups is 14. The summed E-state index contributed by atoms with van der Waals surface area (Å²) in [6.45, 7) is -3.41. The second-order valence-electron chi connectivity index (χ2n) is 11.1. The van der Waals surface area contributed by atoms with Crippen molar-refractivity contribution in [2.75, 3.05) is 26.4 Å². The van der Waals surface area contributed by atoms with Crippen LogP contribution in [0.5, 0.6) is 0 Å². The van der Waals surface area contributed by atoms with Gasteiger partial charge in [0.15, 0.2) is 25.2 Å². The normalized spacial score (nSPS) is 52.9. The molecule has 20 atom stereocenters. The first-order valence-corrected chi connectivity index (χ1v) is 14.1. The number of hydrogen-bond donors (Lipinski definition) is 14. The fourth-order valence-electron chi connectivity index (χ4n) is 5.54. The average Bonchev–Trinajstić information content (AvgIpc) is 3.03. The largest absolute Gasteiger partial charge is 0.394 e. The van der Waals surface area contributed by atoms with Crippen LogP contribution in [0.3, 0.4) is 0 Å². The van der Waals surface area contributed by atoms with Crippen molar-refractivity contribution < 1.29 is 105 Å². The van der Waals surface area contributed by atoms with Gasteiger partial charge in [0, 0.05) is 0 Å². The van der Waals surface area contributed by atoms with E-state index in [1.165, 1.54) is 0 Å². The van der Waals surface area contributed by atoms with E-state index in [9.17, 15) is 71.5 Å². The molecule has 21 heteroatoms. The van der Waals surface area contributed by atoms with E-state index >= 15 is 0 Å². The summed E-state index contributed by atoms with van der Waals surface area (Å²) < 4.78 is 37.7. The summed E-state index contributed by atoms with van der Waals surface area (Å²) >= 11 is 0. The third-order valence-electron chi connectivity index (χ3n) is 8.20. The molecule has 4 rings (SSSR count). The number of hydrogen-bond acceptors (Lipinski definition) is 21. The minimum Gasteiger partial charge on any atom is -0.394 e. The van der Waals surface area contributed by atoms with Crippen molar-refractivity contribution >= 4 is 0 Å². The summed E-state index contributed by atoms with van der Waals surface area (Å²) in [6, 6.07) is 0. The Morgan fingerprint density at radius 3 is 1.22 bits per heavy atom. The molecule has 0 saturated carbocycles. The van der Waals surface area contributed by atoms with Crippen molar-refractivity contribution in [3.8, 4) is 0 Å². The van der Waals surface area contributed by atoms with Gasteiger partial charge in [-0.05, 0) is 0 Å². The van der Waals surface area contributed by atoms with E-state index in [4.69, 9.17) is 33.2 Å². The third-order valence-corrected chi connectivity index (χ3v) is 8.20. The van der Waals surface area contributed by atoms with E-state index in [2.05, 4.69) is 0 Å². The summed E-state index contributed by atoms with van der Waals surface area (Å²) in [5, 5.41) is 142. The molecule has 4 heterocycles. The first-order chi connectivity index (χ1) is 21.3. The Morgan fingerprint density at radius 2 is 0.711 bits per heavy atom. The maximum atomic E-state index is 11.0. The molecule has 264 valence electrons. The zero-order valence-electron chi connectivity index (χ0n) is 23.5. The first kappa shape index (κ1) is 37.0. The van der Waals surface area contributed by atoms with E-state index < -0.39 is 149 Å². The van der Waals surface area contributed by atoms with Crippen LogP contribution in [-0.2, 0) is 33.2 Å². The molecule has 0 radical (unpaired) electrons. The minimum absolute atomic E-state index is 0.806. The van der Waals surface area contributed by atoms with Gasteiger partial charge in [-0.1, -0.05) is 0 Å². The zero-order chi connectivity index (χ0) is 33.3. The Hall–Kier alpha value is -0.840. The SMILES string of the molecule is OC[C@H]1O[C@H](O[C@H]2[C@@H](O)[C@@H](CO)O[C@H](O[C@@H]3[C@H](O)[C@@H](O)[C@H](O[C@H]4[C@H](O)[C@@H](O)[C@H](O)O[C@@H]4CO)O[C@@H]3CO)[C@@H]2O)[C@H](O)[C@@H](O)[C@H]1O. The van der Waals surface area contributed by atoms with Crippen LogP contribution >= 0.6 is 0 Å². The van der Waals surface area contributed by atoms with Gasteiger partial charge in [-0.2, -0.15) is 0 Å². The van der Waals surface area contributed by atoms with Crippen LogP contribution in [0.25, 0.3) is 0 Å². The van der Waals surface area contributed by atoms with Crippen molar-refractivity contribution in [1.82, 2.24) is 0 Å². The summed E-state index contributed by atoms with van der Waals surface area (Å²) in [4.78, 5) is 0. The van der Waals surface area contributed by atoms with Crippen molar-refractivity contribution in [2.45, 2.75) is 123 Å². The van der Waals surface area contributed by atoms with Crippen molar-refractivity contribution in [3.63, 3.8) is 0 Å². The highest BCUT2D eigenvalue weighted by Crippen LogP contribution is 2.34. The molecule has 4 aliphatic rings. The first-order valence-electron chi connectivity index (χ1n) is 14.1. The van der Waals surface area contributed by atoms with Gasteiger partial charge in [0.25, 0.3) is 0 Å². The molecule has 45 heavy (non-hydrogen) atoms. The lowest BCUT2D eigenvalue weighted by molar-refractivity contribution is -0.388. The molecule has 0 aliphatic carbocycles. The predicted octanol–water partition coefficient (Wildman–Crippen LogP) is -9.75. The average molecular weight is 667 g/mol. The van der Waals surface area contributed by atoms with Crippen LogP contribution in [0.2, 0.25) is 0 Å². The highest BCUT2D eigenvalue weighted by molar-refractivity contribution is 4.97. The molecule has 0 spiro atoms. The third kappa shape index (κ3) is 7.44. The van der Waals surface area contributed by atoms with Gasteiger partial charge < -0.3 is 105 Å². The molecule has 0 aromatic rings. The second kappa shape index (κ2) is 15.6. The molecule has 4 fully saturated rings. The van der Waals surface area contributed by atoms with Gasteiger partial charge in [-0.15, -0.1) is 0 Å². The maximum Gasteiger partial charge on any atom is 0.187 e. The Labute approximate surface area is 254 Å². The smallest absolute Gasteiger partial charge is 0.187 e. The Morgan fingerprint density at radius 1 is 0.333 bits per heavy atom. The molecule has 0 aromatic heterocycles. The van der Waals surface area contributed by atoms with Crippen LogP contribution in [-0.4, -0.2) is 221 Å². The van der Waals surface area contributed by atoms with E-state index in [-0.39, 0.29) is 0 Å².